The first-order valence-electron chi connectivity index (χ1n) is 8.09. The molecule has 1 atom stereocenters. The molecule has 148 valence electrons. The SMILES string of the molecule is NC(CNS(=O)(=O)c1ccc(C2=CN(C(=O)O)C3CC(F)=CC=C23)cc1)=NO. The number of halogens is 1. The van der Waals surface area contributed by atoms with E-state index in [9.17, 15) is 22.7 Å². The Hall–Kier alpha value is -3.18. The minimum Gasteiger partial charge on any atom is -0.465 e. The van der Waals surface area contributed by atoms with Crippen LogP contribution in [-0.2, 0) is 10.0 Å². The summed E-state index contributed by atoms with van der Waals surface area (Å²) in [5.41, 5.74) is 7.06. The van der Waals surface area contributed by atoms with E-state index in [0.717, 1.165) is 4.90 Å². The first-order chi connectivity index (χ1) is 13.2. The number of sulfonamides is 1. The van der Waals surface area contributed by atoms with Crippen molar-refractivity contribution in [1.82, 2.24) is 9.62 Å². The van der Waals surface area contributed by atoms with E-state index in [2.05, 4.69) is 9.88 Å². The topological polar surface area (TPSA) is 145 Å². The van der Waals surface area contributed by atoms with Gasteiger partial charge < -0.3 is 16.0 Å². The molecular formula is C17H17FN4O5S. The number of nitrogens with one attached hydrogen (secondary N) is 1. The second-order valence-electron chi connectivity index (χ2n) is 6.13. The Morgan fingerprint density at radius 3 is 2.61 bits per heavy atom. The van der Waals surface area contributed by atoms with Crippen LogP contribution >= 0.6 is 0 Å². The van der Waals surface area contributed by atoms with Crippen molar-refractivity contribution < 1.29 is 27.9 Å². The van der Waals surface area contributed by atoms with Gasteiger partial charge in [-0.15, -0.1) is 0 Å². The Morgan fingerprint density at radius 2 is 2.00 bits per heavy atom. The number of amides is 1. The van der Waals surface area contributed by atoms with Crippen LogP contribution in [0.5, 0.6) is 0 Å². The van der Waals surface area contributed by atoms with Crippen molar-refractivity contribution in [3.63, 3.8) is 0 Å². The van der Waals surface area contributed by atoms with Gasteiger partial charge in [0.2, 0.25) is 10.0 Å². The van der Waals surface area contributed by atoms with Crippen LogP contribution in [0.4, 0.5) is 9.18 Å². The molecule has 9 nitrogen and oxygen atoms in total. The Bertz CT molecular complexity index is 1030. The fraction of sp³-hybridized carbons (Fsp3) is 0.176. The van der Waals surface area contributed by atoms with E-state index >= 15 is 0 Å². The molecule has 1 aliphatic carbocycles. The highest BCUT2D eigenvalue weighted by molar-refractivity contribution is 7.89. The molecule has 1 aromatic rings. The van der Waals surface area contributed by atoms with E-state index in [1.54, 1.807) is 0 Å². The molecule has 1 amide bonds. The van der Waals surface area contributed by atoms with Crippen molar-refractivity contribution in [2.45, 2.75) is 17.4 Å². The molecule has 3 rings (SSSR count). The summed E-state index contributed by atoms with van der Waals surface area (Å²) in [5, 5.41) is 20.5. The molecule has 0 fully saturated rings. The molecule has 1 unspecified atom stereocenters. The van der Waals surface area contributed by atoms with Crippen LogP contribution in [0.15, 0.2) is 64.1 Å². The number of carbonyl (C=O) groups is 1. The number of allylic oxidation sites excluding steroid dienone is 2. The van der Waals surface area contributed by atoms with Gasteiger partial charge in [0.05, 0.1) is 17.5 Å². The molecule has 1 aromatic carbocycles. The second kappa shape index (κ2) is 7.44. The summed E-state index contributed by atoms with van der Waals surface area (Å²) >= 11 is 0. The molecule has 1 aliphatic heterocycles. The summed E-state index contributed by atoms with van der Waals surface area (Å²) in [4.78, 5) is 12.5. The van der Waals surface area contributed by atoms with Gasteiger partial charge in [0, 0.05) is 18.2 Å². The first kappa shape index (κ1) is 19.6. The predicted octanol–water partition coefficient (Wildman–Crippen LogP) is 1.60. The predicted molar refractivity (Wildman–Crippen MR) is 98.6 cm³/mol. The third-order valence-corrected chi connectivity index (χ3v) is 5.79. The summed E-state index contributed by atoms with van der Waals surface area (Å²) < 4.78 is 40.2. The lowest BCUT2D eigenvalue weighted by Gasteiger charge is -2.23. The summed E-state index contributed by atoms with van der Waals surface area (Å²) in [6, 6.07) is 5.11. The molecule has 0 saturated heterocycles. The highest BCUT2D eigenvalue weighted by atomic mass is 32.2. The Balaban J connectivity index is 1.89. The maximum absolute atomic E-state index is 13.6. The average molecular weight is 408 g/mol. The Kier molecular flexibility index (Phi) is 5.21. The minimum atomic E-state index is -3.88. The third-order valence-electron chi connectivity index (χ3n) is 4.37. The Labute approximate surface area is 160 Å². The summed E-state index contributed by atoms with van der Waals surface area (Å²) in [7, 11) is -3.88. The number of fused-ring (bicyclic) bond motifs is 1. The minimum absolute atomic E-state index is 0.0456. The molecule has 0 aromatic heterocycles. The van der Waals surface area contributed by atoms with E-state index in [-0.39, 0.29) is 23.7 Å². The molecular weight excluding hydrogens is 391 g/mol. The van der Waals surface area contributed by atoms with Gasteiger partial charge in [0.25, 0.3) is 0 Å². The lowest BCUT2D eigenvalue weighted by Crippen LogP contribution is -2.33. The molecule has 0 spiro atoms. The number of nitrogens with two attached hydrogens (primary N) is 1. The average Bonchev–Trinajstić information content (AvgIpc) is 3.05. The number of amidine groups is 1. The molecule has 0 bridgehead atoms. The lowest BCUT2D eigenvalue weighted by atomic mass is 9.91. The first-order valence-corrected chi connectivity index (χ1v) is 9.57. The van der Waals surface area contributed by atoms with E-state index in [0.29, 0.717) is 16.7 Å². The summed E-state index contributed by atoms with van der Waals surface area (Å²) in [6.45, 7) is -0.355. The maximum Gasteiger partial charge on any atom is 0.411 e. The number of hydrogen-bond acceptors (Lipinski definition) is 5. The largest absolute Gasteiger partial charge is 0.465 e. The van der Waals surface area contributed by atoms with Crippen LogP contribution < -0.4 is 10.5 Å². The van der Waals surface area contributed by atoms with Crippen molar-refractivity contribution in [1.29, 1.82) is 0 Å². The van der Waals surface area contributed by atoms with E-state index in [4.69, 9.17) is 10.9 Å². The van der Waals surface area contributed by atoms with Crippen LogP contribution in [0.1, 0.15) is 12.0 Å². The molecule has 1 heterocycles. The van der Waals surface area contributed by atoms with Crippen LogP contribution in [0.3, 0.4) is 0 Å². The van der Waals surface area contributed by atoms with Crippen LogP contribution in [-0.4, -0.2) is 48.1 Å². The maximum atomic E-state index is 13.6. The standard InChI is InChI=1S/C17H17FN4O5S/c18-11-3-6-13-14(9-22(17(23)24)15(13)7-11)10-1-4-12(5-2-10)28(26,27)20-8-16(19)21-25/h1-6,9,15,20,25H,7-8H2,(H2,19,21)(H,23,24). The van der Waals surface area contributed by atoms with Crippen molar-refractivity contribution in [2.75, 3.05) is 6.54 Å². The van der Waals surface area contributed by atoms with Crippen LogP contribution in [0.25, 0.3) is 5.57 Å². The van der Waals surface area contributed by atoms with Crippen molar-refractivity contribution in [2.24, 2.45) is 10.9 Å². The van der Waals surface area contributed by atoms with E-state index < -0.39 is 28.0 Å². The highest BCUT2D eigenvalue weighted by Crippen LogP contribution is 2.40. The van der Waals surface area contributed by atoms with Crippen molar-refractivity contribution in [3.05, 3.63) is 59.6 Å². The number of oxime groups is 1. The summed E-state index contributed by atoms with van der Waals surface area (Å²) in [5.74, 6) is -0.700. The van der Waals surface area contributed by atoms with Gasteiger partial charge >= 0.3 is 6.09 Å². The van der Waals surface area contributed by atoms with Gasteiger partial charge in [0.1, 0.15) is 5.83 Å². The van der Waals surface area contributed by atoms with Gasteiger partial charge in [-0.1, -0.05) is 23.4 Å². The number of benzene rings is 1. The zero-order valence-electron chi connectivity index (χ0n) is 14.4. The monoisotopic (exact) mass is 408 g/mol. The lowest BCUT2D eigenvalue weighted by molar-refractivity contribution is 0.155. The number of carboxylic acid groups (broad SMARTS) is 1. The fourth-order valence-corrected chi connectivity index (χ4v) is 4.01. The second-order valence-corrected chi connectivity index (χ2v) is 7.90. The van der Waals surface area contributed by atoms with E-state index in [1.165, 1.54) is 42.6 Å². The highest BCUT2D eigenvalue weighted by Gasteiger charge is 2.36. The molecule has 0 radical (unpaired) electrons. The third kappa shape index (κ3) is 3.75. The molecule has 11 heteroatoms. The quantitative estimate of drug-likeness (QED) is 0.252. The van der Waals surface area contributed by atoms with Crippen LogP contribution in [0.2, 0.25) is 0 Å². The molecule has 5 N–H and O–H groups in total. The zero-order valence-corrected chi connectivity index (χ0v) is 15.2. The molecule has 28 heavy (non-hydrogen) atoms. The van der Waals surface area contributed by atoms with Crippen molar-refractivity contribution >= 4 is 27.5 Å². The van der Waals surface area contributed by atoms with Gasteiger partial charge in [-0.3, -0.25) is 4.90 Å². The van der Waals surface area contributed by atoms with Crippen LogP contribution in [0, 0.1) is 0 Å². The molecule has 2 aliphatic rings. The van der Waals surface area contributed by atoms with Gasteiger partial charge in [-0.2, -0.15) is 0 Å². The normalized spacial score (nSPS) is 19.6. The van der Waals surface area contributed by atoms with Crippen molar-refractivity contribution in [3.8, 4) is 0 Å². The Morgan fingerprint density at radius 1 is 1.32 bits per heavy atom. The number of nitrogens with zero attached hydrogens (tertiary/aromatic N) is 2. The van der Waals surface area contributed by atoms with Gasteiger partial charge in [0.15, 0.2) is 5.84 Å². The zero-order chi connectivity index (χ0) is 20.5. The van der Waals surface area contributed by atoms with E-state index in [1.807, 2.05) is 0 Å². The fourth-order valence-electron chi connectivity index (χ4n) is 3.01. The smallest absolute Gasteiger partial charge is 0.411 e. The number of rotatable bonds is 5. The summed E-state index contributed by atoms with van der Waals surface area (Å²) in [6.07, 6.45) is 2.98. The molecule has 0 saturated carbocycles. The van der Waals surface area contributed by atoms with Gasteiger partial charge in [-0.05, 0) is 29.3 Å². The van der Waals surface area contributed by atoms with Gasteiger partial charge in [-0.25, -0.2) is 22.3 Å². The number of hydrogen-bond donors (Lipinski definition) is 4.